The predicted molar refractivity (Wildman–Crippen MR) is 82.9 cm³/mol. The molecule has 5 nitrogen and oxygen atoms in total. The SMILES string of the molecule is O=C(NC[C@@H](c1ccco1)n1cccn1)c1ccc(C(F)(F)F)cc1. The van der Waals surface area contributed by atoms with Crippen LogP contribution >= 0.6 is 0 Å². The van der Waals surface area contributed by atoms with Crippen LogP contribution in [0.5, 0.6) is 0 Å². The maximum atomic E-state index is 12.6. The smallest absolute Gasteiger partial charge is 0.416 e. The molecule has 1 atom stereocenters. The minimum atomic E-state index is -4.43. The average molecular weight is 349 g/mol. The van der Waals surface area contributed by atoms with Crippen molar-refractivity contribution in [2.24, 2.45) is 0 Å². The molecule has 0 radical (unpaired) electrons. The molecule has 2 heterocycles. The van der Waals surface area contributed by atoms with Crippen molar-refractivity contribution in [2.45, 2.75) is 12.2 Å². The molecule has 0 aliphatic carbocycles. The summed E-state index contributed by atoms with van der Waals surface area (Å²) in [6, 6.07) is 8.93. The first-order chi connectivity index (χ1) is 11.9. The summed E-state index contributed by atoms with van der Waals surface area (Å²) in [5.74, 6) is 0.133. The third-order valence-electron chi connectivity index (χ3n) is 3.65. The van der Waals surface area contributed by atoms with Gasteiger partial charge in [-0.25, -0.2) is 0 Å². The summed E-state index contributed by atoms with van der Waals surface area (Å²) in [5, 5.41) is 6.84. The van der Waals surface area contributed by atoms with Crippen LogP contribution in [0.25, 0.3) is 0 Å². The van der Waals surface area contributed by atoms with E-state index in [0.29, 0.717) is 5.76 Å². The fourth-order valence-corrected chi connectivity index (χ4v) is 2.37. The van der Waals surface area contributed by atoms with Gasteiger partial charge in [0.1, 0.15) is 11.8 Å². The van der Waals surface area contributed by atoms with E-state index < -0.39 is 17.6 Å². The molecule has 1 aromatic carbocycles. The zero-order valence-electron chi connectivity index (χ0n) is 12.9. The standard InChI is InChI=1S/C17H14F3N3O2/c18-17(19,20)13-6-4-12(5-7-13)16(24)21-11-14(15-3-1-10-25-15)23-9-2-8-22-23/h1-10,14H,11H2,(H,21,24)/t14-/m0/s1. The number of halogens is 3. The normalized spacial score (nSPS) is 12.8. The number of furan rings is 1. The number of amides is 1. The first-order valence-corrected chi connectivity index (χ1v) is 7.43. The lowest BCUT2D eigenvalue weighted by molar-refractivity contribution is -0.137. The van der Waals surface area contributed by atoms with Crippen molar-refractivity contribution < 1.29 is 22.4 Å². The van der Waals surface area contributed by atoms with E-state index in [1.165, 1.54) is 6.26 Å². The van der Waals surface area contributed by atoms with Gasteiger partial charge in [-0.3, -0.25) is 9.48 Å². The Balaban J connectivity index is 1.70. The van der Waals surface area contributed by atoms with Crippen LogP contribution in [0.4, 0.5) is 13.2 Å². The van der Waals surface area contributed by atoms with Crippen LogP contribution in [0.2, 0.25) is 0 Å². The van der Waals surface area contributed by atoms with E-state index in [2.05, 4.69) is 10.4 Å². The van der Waals surface area contributed by atoms with Crippen molar-refractivity contribution >= 4 is 5.91 Å². The molecule has 0 saturated carbocycles. The number of rotatable bonds is 5. The Bertz CT molecular complexity index is 776. The summed E-state index contributed by atoms with van der Waals surface area (Å²) in [6.45, 7) is 0.176. The van der Waals surface area contributed by atoms with Gasteiger partial charge in [0.15, 0.2) is 0 Å². The Hall–Kier alpha value is -3.03. The van der Waals surface area contributed by atoms with Gasteiger partial charge in [-0.15, -0.1) is 0 Å². The summed E-state index contributed by atoms with van der Waals surface area (Å²) in [5.41, 5.74) is -0.652. The number of aromatic nitrogens is 2. The molecular weight excluding hydrogens is 335 g/mol. The molecule has 0 aliphatic rings. The minimum absolute atomic E-state index is 0.145. The quantitative estimate of drug-likeness (QED) is 0.767. The number of carbonyl (C=O) groups is 1. The van der Waals surface area contributed by atoms with Crippen molar-refractivity contribution in [3.63, 3.8) is 0 Å². The molecule has 0 bridgehead atoms. The van der Waals surface area contributed by atoms with E-state index in [1.807, 2.05) is 0 Å². The second-order valence-electron chi connectivity index (χ2n) is 5.30. The van der Waals surface area contributed by atoms with Crippen LogP contribution in [0, 0.1) is 0 Å². The van der Waals surface area contributed by atoms with Crippen molar-refractivity contribution in [1.82, 2.24) is 15.1 Å². The van der Waals surface area contributed by atoms with Crippen LogP contribution in [0.1, 0.15) is 27.7 Å². The van der Waals surface area contributed by atoms with E-state index >= 15 is 0 Å². The monoisotopic (exact) mass is 349 g/mol. The van der Waals surface area contributed by atoms with Crippen LogP contribution in [-0.4, -0.2) is 22.2 Å². The van der Waals surface area contributed by atoms with Crippen molar-refractivity contribution in [2.75, 3.05) is 6.54 Å². The molecule has 25 heavy (non-hydrogen) atoms. The molecule has 130 valence electrons. The van der Waals surface area contributed by atoms with Gasteiger partial charge in [0.25, 0.3) is 5.91 Å². The zero-order chi connectivity index (χ0) is 17.9. The molecular formula is C17H14F3N3O2. The topological polar surface area (TPSA) is 60.1 Å². The summed E-state index contributed by atoms with van der Waals surface area (Å²) >= 11 is 0. The maximum absolute atomic E-state index is 12.6. The highest BCUT2D eigenvalue weighted by Crippen LogP contribution is 2.29. The lowest BCUT2D eigenvalue weighted by atomic mass is 10.1. The molecule has 8 heteroatoms. The lowest BCUT2D eigenvalue weighted by Crippen LogP contribution is -2.31. The Morgan fingerprint density at radius 1 is 1.20 bits per heavy atom. The number of carbonyl (C=O) groups excluding carboxylic acids is 1. The largest absolute Gasteiger partial charge is 0.467 e. The van der Waals surface area contributed by atoms with Gasteiger partial charge >= 0.3 is 6.18 Å². The fourth-order valence-electron chi connectivity index (χ4n) is 2.37. The fraction of sp³-hybridized carbons (Fsp3) is 0.176. The zero-order valence-corrected chi connectivity index (χ0v) is 12.9. The maximum Gasteiger partial charge on any atom is 0.416 e. The minimum Gasteiger partial charge on any atom is -0.467 e. The Morgan fingerprint density at radius 3 is 2.52 bits per heavy atom. The number of nitrogens with one attached hydrogen (secondary N) is 1. The van der Waals surface area contributed by atoms with Crippen molar-refractivity contribution in [3.05, 3.63) is 78.0 Å². The summed E-state index contributed by atoms with van der Waals surface area (Å²) in [4.78, 5) is 12.2. The Labute approximate surface area is 141 Å². The van der Waals surface area contributed by atoms with Gasteiger partial charge in [0, 0.05) is 24.5 Å². The number of hydrogen-bond acceptors (Lipinski definition) is 3. The molecule has 0 unspecified atom stereocenters. The van der Waals surface area contributed by atoms with Crippen LogP contribution in [0.3, 0.4) is 0 Å². The van der Waals surface area contributed by atoms with E-state index in [1.54, 1.807) is 35.3 Å². The van der Waals surface area contributed by atoms with E-state index in [0.717, 1.165) is 24.3 Å². The van der Waals surface area contributed by atoms with Crippen molar-refractivity contribution in [3.8, 4) is 0 Å². The molecule has 1 N–H and O–H groups in total. The highest BCUT2D eigenvalue weighted by atomic mass is 19.4. The van der Waals surface area contributed by atoms with Gasteiger partial charge in [-0.05, 0) is 42.5 Å². The summed E-state index contributed by atoms with van der Waals surface area (Å²) < 4.78 is 44.7. The Kier molecular flexibility index (Phi) is 4.60. The molecule has 0 spiro atoms. The Morgan fingerprint density at radius 2 is 1.96 bits per heavy atom. The molecule has 0 fully saturated rings. The summed E-state index contributed by atoms with van der Waals surface area (Å²) in [7, 11) is 0. The van der Waals surface area contributed by atoms with E-state index in [9.17, 15) is 18.0 Å². The number of hydrogen-bond donors (Lipinski definition) is 1. The van der Waals surface area contributed by atoms with Gasteiger partial charge < -0.3 is 9.73 Å². The highest BCUT2D eigenvalue weighted by Gasteiger charge is 2.30. The summed E-state index contributed by atoms with van der Waals surface area (Å²) in [6.07, 6.45) is 0.425. The van der Waals surface area contributed by atoms with Crippen LogP contribution in [0.15, 0.2) is 65.5 Å². The van der Waals surface area contributed by atoms with Crippen LogP contribution < -0.4 is 5.32 Å². The molecule has 2 aromatic heterocycles. The highest BCUT2D eigenvalue weighted by molar-refractivity contribution is 5.94. The van der Waals surface area contributed by atoms with E-state index in [4.69, 9.17) is 4.42 Å². The van der Waals surface area contributed by atoms with Gasteiger partial charge in [-0.1, -0.05) is 0 Å². The van der Waals surface area contributed by atoms with E-state index in [-0.39, 0.29) is 18.2 Å². The number of benzene rings is 1. The molecule has 0 aliphatic heterocycles. The second-order valence-corrected chi connectivity index (χ2v) is 5.30. The van der Waals surface area contributed by atoms with Crippen LogP contribution in [-0.2, 0) is 6.18 Å². The second kappa shape index (κ2) is 6.84. The van der Waals surface area contributed by atoms with Gasteiger partial charge in [0.05, 0.1) is 11.8 Å². The van der Waals surface area contributed by atoms with Crippen molar-refractivity contribution in [1.29, 1.82) is 0 Å². The molecule has 3 rings (SSSR count). The number of nitrogens with zero attached hydrogens (tertiary/aromatic N) is 2. The molecule has 1 amide bonds. The first-order valence-electron chi connectivity index (χ1n) is 7.43. The lowest BCUT2D eigenvalue weighted by Gasteiger charge is -2.16. The predicted octanol–water partition coefficient (Wildman–Crippen LogP) is 3.51. The molecule has 3 aromatic rings. The van der Waals surface area contributed by atoms with Gasteiger partial charge in [0.2, 0.25) is 0 Å². The molecule has 0 saturated heterocycles. The third kappa shape index (κ3) is 3.90. The third-order valence-corrected chi connectivity index (χ3v) is 3.65. The first kappa shape index (κ1) is 16.8. The van der Waals surface area contributed by atoms with Gasteiger partial charge in [-0.2, -0.15) is 18.3 Å². The number of alkyl halides is 3. The average Bonchev–Trinajstić information content (AvgIpc) is 3.28.